The molecule has 1 aromatic carbocycles. The lowest BCUT2D eigenvalue weighted by Gasteiger charge is -2.17. The van der Waals surface area contributed by atoms with E-state index in [1.165, 1.54) is 0 Å². The van der Waals surface area contributed by atoms with Gasteiger partial charge in [0.15, 0.2) is 5.65 Å². The molecule has 1 fully saturated rings. The highest BCUT2D eigenvalue weighted by atomic mass is 16.5. The number of pyridine rings is 1. The van der Waals surface area contributed by atoms with Crippen LogP contribution >= 0.6 is 0 Å². The van der Waals surface area contributed by atoms with Crippen LogP contribution in [0.1, 0.15) is 30.1 Å². The molecule has 0 radical (unpaired) electrons. The summed E-state index contributed by atoms with van der Waals surface area (Å²) in [6, 6.07) is 11.8. The van der Waals surface area contributed by atoms with Gasteiger partial charge >= 0.3 is 0 Å². The minimum Gasteiger partial charge on any atom is -0.496 e. The van der Waals surface area contributed by atoms with Crippen molar-refractivity contribution in [2.45, 2.75) is 25.2 Å². The number of ether oxygens (including phenoxy) is 1. The molecule has 0 aliphatic carbocycles. The van der Waals surface area contributed by atoms with Crippen LogP contribution in [0.2, 0.25) is 0 Å². The van der Waals surface area contributed by atoms with Crippen LogP contribution in [-0.4, -0.2) is 45.5 Å². The Labute approximate surface area is 158 Å². The molecular weight excluding hydrogens is 340 g/mol. The Bertz CT molecular complexity index is 966. The van der Waals surface area contributed by atoms with Gasteiger partial charge in [-0.3, -0.25) is 4.79 Å². The number of para-hydroxylation sites is 1. The fraction of sp³-hybridized carbons (Fsp3) is 0.381. The highest BCUT2D eigenvalue weighted by molar-refractivity contribution is 5.77. The molecule has 0 saturated carbocycles. The second-order valence-corrected chi connectivity index (χ2v) is 7.01. The molecule has 1 saturated heterocycles. The summed E-state index contributed by atoms with van der Waals surface area (Å²) in [6.45, 7) is 1.51. The number of aryl methyl sites for hydroxylation is 2. The van der Waals surface area contributed by atoms with Crippen molar-refractivity contribution in [2.75, 3.05) is 20.2 Å². The SMILES string of the molecule is COc1ccccc1CCC(=O)N1CC[C@H](c2nc3cccnc3n2C)C1. The Morgan fingerprint density at radius 1 is 1.26 bits per heavy atom. The van der Waals surface area contributed by atoms with Crippen molar-refractivity contribution in [2.24, 2.45) is 7.05 Å². The third-order valence-corrected chi connectivity index (χ3v) is 5.37. The summed E-state index contributed by atoms with van der Waals surface area (Å²) in [5.74, 6) is 2.32. The first-order chi connectivity index (χ1) is 13.2. The number of methoxy groups -OCH3 is 1. The minimum absolute atomic E-state index is 0.195. The molecular formula is C21H24N4O2. The Hall–Kier alpha value is -2.89. The summed E-state index contributed by atoms with van der Waals surface area (Å²) in [5, 5.41) is 0. The van der Waals surface area contributed by atoms with Crippen molar-refractivity contribution in [1.82, 2.24) is 19.4 Å². The smallest absolute Gasteiger partial charge is 0.222 e. The van der Waals surface area contributed by atoms with Crippen LogP contribution < -0.4 is 4.74 Å². The third-order valence-electron chi connectivity index (χ3n) is 5.37. The summed E-state index contributed by atoms with van der Waals surface area (Å²) >= 11 is 0. The zero-order valence-electron chi connectivity index (χ0n) is 15.8. The van der Waals surface area contributed by atoms with E-state index in [-0.39, 0.29) is 11.8 Å². The number of carbonyl (C=O) groups is 1. The highest BCUT2D eigenvalue weighted by Crippen LogP contribution is 2.29. The molecule has 27 heavy (non-hydrogen) atoms. The Kier molecular flexibility index (Phi) is 4.79. The van der Waals surface area contributed by atoms with Gasteiger partial charge in [0.1, 0.15) is 17.1 Å². The zero-order chi connectivity index (χ0) is 18.8. The van der Waals surface area contributed by atoms with E-state index < -0.39 is 0 Å². The molecule has 6 nitrogen and oxygen atoms in total. The average molecular weight is 364 g/mol. The van der Waals surface area contributed by atoms with E-state index in [4.69, 9.17) is 9.72 Å². The Morgan fingerprint density at radius 2 is 2.11 bits per heavy atom. The van der Waals surface area contributed by atoms with Gasteiger partial charge in [0, 0.05) is 38.7 Å². The molecule has 3 heterocycles. The molecule has 0 N–H and O–H groups in total. The van der Waals surface area contributed by atoms with Gasteiger partial charge in [-0.1, -0.05) is 18.2 Å². The van der Waals surface area contributed by atoms with Crippen LogP contribution in [0.3, 0.4) is 0 Å². The van der Waals surface area contributed by atoms with Crippen molar-refractivity contribution < 1.29 is 9.53 Å². The third kappa shape index (κ3) is 3.39. The molecule has 1 amide bonds. The van der Waals surface area contributed by atoms with E-state index >= 15 is 0 Å². The molecule has 1 aliphatic heterocycles. The maximum atomic E-state index is 12.7. The lowest BCUT2D eigenvalue weighted by atomic mass is 10.1. The number of carbonyl (C=O) groups excluding carboxylic acids is 1. The van der Waals surface area contributed by atoms with Crippen molar-refractivity contribution >= 4 is 17.1 Å². The van der Waals surface area contributed by atoms with E-state index in [0.29, 0.717) is 12.8 Å². The standard InChI is InChI=1S/C21H24N4O2/c1-24-20(23-17-7-5-12-22-21(17)24)16-11-13-25(14-16)19(26)10-9-15-6-3-4-8-18(15)27-2/h3-8,12,16H,9-11,13-14H2,1-2H3/t16-/m0/s1. The monoisotopic (exact) mass is 364 g/mol. The quantitative estimate of drug-likeness (QED) is 0.698. The van der Waals surface area contributed by atoms with Gasteiger partial charge in [0.25, 0.3) is 0 Å². The van der Waals surface area contributed by atoms with Gasteiger partial charge in [-0.25, -0.2) is 9.97 Å². The van der Waals surface area contributed by atoms with E-state index in [9.17, 15) is 4.79 Å². The van der Waals surface area contributed by atoms with Crippen molar-refractivity contribution in [3.63, 3.8) is 0 Å². The van der Waals surface area contributed by atoms with E-state index in [0.717, 1.165) is 47.8 Å². The minimum atomic E-state index is 0.195. The van der Waals surface area contributed by atoms with Crippen LogP contribution in [0.15, 0.2) is 42.6 Å². The normalized spacial score (nSPS) is 16.8. The first-order valence-corrected chi connectivity index (χ1v) is 9.34. The van der Waals surface area contributed by atoms with Gasteiger partial charge < -0.3 is 14.2 Å². The van der Waals surface area contributed by atoms with Gasteiger partial charge in [-0.05, 0) is 36.6 Å². The van der Waals surface area contributed by atoms with Crippen molar-refractivity contribution in [3.8, 4) is 5.75 Å². The van der Waals surface area contributed by atoms with Crippen molar-refractivity contribution in [1.29, 1.82) is 0 Å². The van der Waals surface area contributed by atoms with E-state index in [1.54, 1.807) is 13.3 Å². The first kappa shape index (κ1) is 17.5. The van der Waals surface area contributed by atoms with Crippen LogP contribution in [0, 0.1) is 0 Å². The number of benzene rings is 1. The lowest BCUT2D eigenvalue weighted by Crippen LogP contribution is -2.28. The number of imidazole rings is 1. The highest BCUT2D eigenvalue weighted by Gasteiger charge is 2.30. The van der Waals surface area contributed by atoms with Gasteiger partial charge in [0.05, 0.1) is 7.11 Å². The fourth-order valence-electron chi connectivity index (χ4n) is 3.91. The molecule has 3 aromatic rings. The lowest BCUT2D eigenvalue weighted by molar-refractivity contribution is -0.130. The maximum absolute atomic E-state index is 12.7. The number of rotatable bonds is 5. The Balaban J connectivity index is 1.41. The molecule has 0 bridgehead atoms. The Morgan fingerprint density at radius 3 is 2.93 bits per heavy atom. The maximum Gasteiger partial charge on any atom is 0.222 e. The molecule has 0 spiro atoms. The molecule has 6 heteroatoms. The summed E-state index contributed by atoms with van der Waals surface area (Å²) in [4.78, 5) is 23.8. The number of likely N-dealkylation sites (tertiary alicyclic amines) is 1. The molecule has 2 aromatic heterocycles. The summed E-state index contributed by atoms with van der Waals surface area (Å²) < 4.78 is 7.44. The van der Waals surface area contributed by atoms with Gasteiger partial charge in [-0.2, -0.15) is 0 Å². The molecule has 0 unspecified atom stereocenters. The molecule has 4 rings (SSSR count). The number of aromatic nitrogens is 3. The molecule has 140 valence electrons. The largest absolute Gasteiger partial charge is 0.496 e. The van der Waals surface area contributed by atoms with Crippen LogP contribution in [-0.2, 0) is 18.3 Å². The second-order valence-electron chi connectivity index (χ2n) is 7.01. The topological polar surface area (TPSA) is 60.2 Å². The fourth-order valence-corrected chi connectivity index (χ4v) is 3.91. The summed E-state index contributed by atoms with van der Waals surface area (Å²) in [5.41, 5.74) is 2.88. The summed E-state index contributed by atoms with van der Waals surface area (Å²) in [6.07, 6.45) is 3.92. The van der Waals surface area contributed by atoms with Gasteiger partial charge in [0.2, 0.25) is 5.91 Å². The predicted octanol–water partition coefficient (Wildman–Crippen LogP) is 2.93. The number of nitrogens with zero attached hydrogens (tertiary/aromatic N) is 4. The second kappa shape index (κ2) is 7.39. The number of hydrogen-bond acceptors (Lipinski definition) is 4. The zero-order valence-corrected chi connectivity index (χ0v) is 15.8. The first-order valence-electron chi connectivity index (χ1n) is 9.34. The van der Waals surface area contributed by atoms with Crippen molar-refractivity contribution in [3.05, 3.63) is 54.0 Å². The summed E-state index contributed by atoms with van der Waals surface area (Å²) in [7, 11) is 3.67. The molecule has 1 atom stereocenters. The van der Waals surface area contributed by atoms with Crippen LogP contribution in [0.5, 0.6) is 5.75 Å². The number of amides is 1. The van der Waals surface area contributed by atoms with Crippen LogP contribution in [0.4, 0.5) is 0 Å². The predicted molar refractivity (Wildman–Crippen MR) is 104 cm³/mol. The molecule has 1 aliphatic rings. The average Bonchev–Trinajstić information content (AvgIpc) is 3.32. The van der Waals surface area contributed by atoms with Gasteiger partial charge in [-0.15, -0.1) is 0 Å². The number of hydrogen-bond donors (Lipinski definition) is 0. The number of fused-ring (bicyclic) bond motifs is 1. The van der Waals surface area contributed by atoms with Crippen LogP contribution in [0.25, 0.3) is 11.2 Å². The van der Waals surface area contributed by atoms with E-state index in [1.807, 2.05) is 48.3 Å². The van der Waals surface area contributed by atoms with E-state index in [2.05, 4.69) is 9.55 Å².